The van der Waals surface area contributed by atoms with Crippen LogP contribution < -0.4 is 5.32 Å². The number of carbonyl (C=O) groups excluding carboxylic acids is 2. The minimum atomic E-state index is -0.982. The molecule has 1 fully saturated rings. The zero-order valence-electron chi connectivity index (χ0n) is 19.9. The van der Waals surface area contributed by atoms with Crippen LogP contribution in [0.2, 0.25) is 0 Å². The third-order valence-electron chi connectivity index (χ3n) is 7.12. The average molecular weight is 465 g/mol. The average Bonchev–Trinajstić information content (AvgIpc) is 3.35. The molecule has 2 aromatic carbocycles. The van der Waals surface area contributed by atoms with Crippen molar-refractivity contribution in [2.75, 3.05) is 13.2 Å². The quantitative estimate of drug-likeness (QED) is 0.638. The molecule has 2 amide bonds. The highest BCUT2D eigenvalue weighted by molar-refractivity contribution is 5.85. The molecule has 1 heterocycles. The van der Waals surface area contributed by atoms with Gasteiger partial charge in [-0.3, -0.25) is 4.79 Å². The normalized spacial score (nSPS) is 20.1. The number of amides is 2. The van der Waals surface area contributed by atoms with Gasteiger partial charge >= 0.3 is 12.1 Å². The van der Waals surface area contributed by atoms with E-state index >= 15 is 0 Å². The maximum absolute atomic E-state index is 12.9. The van der Waals surface area contributed by atoms with Crippen LogP contribution in [0.5, 0.6) is 0 Å². The summed E-state index contributed by atoms with van der Waals surface area (Å²) in [4.78, 5) is 38.7. The number of nitrogens with one attached hydrogen (secondary N) is 1. The molecule has 2 aliphatic rings. The summed E-state index contributed by atoms with van der Waals surface area (Å²) in [5.74, 6) is -1.39. The van der Waals surface area contributed by atoms with Crippen molar-refractivity contribution < 1.29 is 24.2 Å². The molecule has 0 saturated carbocycles. The highest BCUT2D eigenvalue weighted by Crippen LogP contribution is 2.44. The maximum atomic E-state index is 12.9. The van der Waals surface area contributed by atoms with Crippen LogP contribution in [0.3, 0.4) is 0 Å². The van der Waals surface area contributed by atoms with Crippen LogP contribution in [0.15, 0.2) is 48.5 Å². The third-order valence-corrected chi connectivity index (χ3v) is 7.12. The smallest absolute Gasteiger partial charge is 0.407 e. The molecule has 1 saturated heterocycles. The van der Waals surface area contributed by atoms with E-state index in [-0.39, 0.29) is 36.7 Å². The number of alkyl carbamates (subject to hydrolysis) is 1. The van der Waals surface area contributed by atoms with Crippen LogP contribution in [0.25, 0.3) is 11.1 Å². The Kier molecular flexibility index (Phi) is 6.91. The Morgan fingerprint density at radius 1 is 1.06 bits per heavy atom. The van der Waals surface area contributed by atoms with Crippen LogP contribution in [0, 0.1) is 11.8 Å². The van der Waals surface area contributed by atoms with Gasteiger partial charge in [-0.15, -0.1) is 0 Å². The lowest BCUT2D eigenvalue weighted by atomic mass is 9.98. The summed E-state index contributed by atoms with van der Waals surface area (Å²) in [7, 11) is 0. The summed E-state index contributed by atoms with van der Waals surface area (Å²) in [5.41, 5.74) is 4.58. The first-order chi connectivity index (χ1) is 16.3. The largest absolute Gasteiger partial charge is 0.480 e. The van der Waals surface area contributed by atoms with Gasteiger partial charge in [-0.2, -0.15) is 0 Å². The molecule has 0 spiro atoms. The lowest BCUT2D eigenvalue weighted by Gasteiger charge is -2.27. The first-order valence-corrected chi connectivity index (χ1v) is 11.9. The lowest BCUT2D eigenvalue weighted by Crippen LogP contribution is -2.47. The van der Waals surface area contributed by atoms with E-state index in [1.807, 2.05) is 45.0 Å². The van der Waals surface area contributed by atoms with Crippen molar-refractivity contribution in [2.45, 2.75) is 51.6 Å². The fourth-order valence-electron chi connectivity index (χ4n) is 5.15. The number of likely N-dealkylation sites (tertiary alicyclic amines) is 1. The second-order valence-electron chi connectivity index (χ2n) is 9.66. The van der Waals surface area contributed by atoms with E-state index in [0.29, 0.717) is 13.0 Å². The maximum Gasteiger partial charge on any atom is 0.407 e. The van der Waals surface area contributed by atoms with Crippen LogP contribution in [0.4, 0.5) is 4.79 Å². The summed E-state index contributed by atoms with van der Waals surface area (Å²) in [5, 5.41) is 12.4. The van der Waals surface area contributed by atoms with Crippen molar-refractivity contribution in [1.29, 1.82) is 0 Å². The van der Waals surface area contributed by atoms with Crippen LogP contribution in [0.1, 0.15) is 50.7 Å². The molecule has 0 radical (unpaired) electrons. The Morgan fingerprint density at radius 2 is 1.65 bits per heavy atom. The van der Waals surface area contributed by atoms with Gasteiger partial charge < -0.3 is 20.1 Å². The van der Waals surface area contributed by atoms with Crippen molar-refractivity contribution in [3.8, 4) is 11.1 Å². The van der Waals surface area contributed by atoms with Gasteiger partial charge in [-0.05, 0) is 40.5 Å². The standard InChI is InChI=1S/C27H32N2O5/c1-16(2)23(14-24(30)29-13-12-17(3)25(29)26(31)32)28-27(33)34-15-22-20-10-6-4-8-18(20)19-9-5-7-11-21(19)22/h4-11,16-17,22-23,25H,12-15H2,1-3H3,(H,28,33)(H,31,32)/t17?,23-,25?/m1/s1. The lowest BCUT2D eigenvalue weighted by molar-refractivity contribution is -0.149. The van der Waals surface area contributed by atoms with Gasteiger partial charge in [0, 0.05) is 24.9 Å². The predicted octanol–water partition coefficient (Wildman–Crippen LogP) is 4.26. The van der Waals surface area contributed by atoms with Crippen LogP contribution in [-0.2, 0) is 14.3 Å². The summed E-state index contributed by atoms with van der Waals surface area (Å²) in [6.07, 6.45) is 0.130. The minimum Gasteiger partial charge on any atom is -0.480 e. The number of hydrogen-bond acceptors (Lipinski definition) is 4. The molecule has 2 aromatic rings. The fourth-order valence-corrected chi connectivity index (χ4v) is 5.15. The third kappa shape index (κ3) is 4.65. The van der Waals surface area contributed by atoms with E-state index in [0.717, 1.165) is 22.3 Å². The zero-order valence-corrected chi connectivity index (χ0v) is 19.9. The van der Waals surface area contributed by atoms with E-state index < -0.39 is 24.1 Å². The second-order valence-corrected chi connectivity index (χ2v) is 9.66. The number of rotatable bonds is 7. The van der Waals surface area contributed by atoms with E-state index in [4.69, 9.17) is 4.74 Å². The van der Waals surface area contributed by atoms with E-state index in [1.165, 1.54) is 4.90 Å². The number of carbonyl (C=O) groups is 3. The zero-order chi connectivity index (χ0) is 24.4. The van der Waals surface area contributed by atoms with Gasteiger partial charge in [0.25, 0.3) is 0 Å². The Labute approximate surface area is 200 Å². The van der Waals surface area contributed by atoms with E-state index in [2.05, 4.69) is 29.6 Å². The van der Waals surface area contributed by atoms with Crippen LogP contribution >= 0.6 is 0 Å². The topological polar surface area (TPSA) is 95.9 Å². The number of fused-ring (bicyclic) bond motifs is 3. The van der Waals surface area contributed by atoms with Gasteiger partial charge in [0.1, 0.15) is 12.6 Å². The molecule has 2 unspecified atom stereocenters. The number of carboxylic acids is 1. The first-order valence-electron chi connectivity index (χ1n) is 11.9. The summed E-state index contributed by atoms with van der Waals surface area (Å²) in [6, 6.07) is 15.0. The SMILES string of the molecule is CC1CCN(C(=O)C[C@@H](NC(=O)OCC2c3ccccc3-c3ccccc32)C(C)C)C1C(=O)O. The molecule has 2 N–H and O–H groups in total. The molecule has 4 rings (SSSR count). The Hall–Kier alpha value is -3.35. The monoisotopic (exact) mass is 464 g/mol. The van der Waals surface area contributed by atoms with E-state index in [1.54, 1.807) is 0 Å². The second kappa shape index (κ2) is 9.87. The predicted molar refractivity (Wildman–Crippen MR) is 128 cm³/mol. The molecule has 180 valence electrons. The highest BCUT2D eigenvalue weighted by Gasteiger charge is 2.40. The molecule has 0 bridgehead atoms. The van der Waals surface area contributed by atoms with Gasteiger partial charge in [-0.25, -0.2) is 9.59 Å². The summed E-state index contributed by atoms with van der Waals surface area (Å²) < 4.78 is 5.63. The van der Waals surface area contributed by atoms with Crippen molar-refractivity contribution in [2.24, 2.45) is 11.8 Å². The number of ether oxygens (including phenoxy) is 1. The number of hydrogen-bond donors (Lipinski definition) is 2. The van der Waals surface area contributed by atoms with Crippen molar-refractivity contribution in [1.82, 2.24) is 10.2 Å². The molecule has 34 heavy (non-hydrogen) atoms. The van der Waals surface area contributed by atoms with Gasteiger partial charge in [0.2, 0.25) is 5.91 Å². The number of carboxylic acid groups (broad SMARTS) is 1. The van der Waals surface area contributed by atoms with Crippen molar-refractivity contribution >= 4 is 18.0 Å². The minimum absolute atomic E-state index is 0.0206. The van der Waals surface area contributed by atoms with Gasteiger partial charge in [0.05, 0.1) is 0 Å². The molecule has 0 aromatic heterocycles. The number of aliphatic carboxylic acids is 1. The van der Waals surface area contributed by atoms with Gasteiger partial charge in [-0.1, -0.05) is 69.3 Å². The van der Waals surface area contributed by atoms with Gasteiger partial charge in [0.15, 0.2) is 0 Å². The fraction of sp³-hybridized carbons (Fsp3) is 0.444. The molecule has 1 aliphatic carbocycles. The Morgan fingerprint density at radius 3 is 2.21 bits per heavy atom. The molecular formula is C27H32N2O5. The van der Waals surface area contributed by atoms with Crippen molar-refractivity contribution in [3.63, 3.8) is 0 Å². The summed E-state index contributed by atoms with van der Waals surface area (Å²) in [6.45, 7) is 6.31. The Balaban J connectivity index is 1.39. The number of nitrogens with zero attached hydrogens (tertiary/aromatic N) is 1. The van der Waals surface area contributed by atoms with Crippen molar-refractivity contribution in [3.05, 3.63) is 59.7 Å². The highest BCUT2D eigenvalue weighted by atomic mass is 16.5. The van der Waals surface area contributed by atoms with Crippen LogP contribution in [-0.4, -0.2) is 53.2 Å². The molecule has 7 nitrogen and oxygen atoms in total. The Bertz CT molecular complexity index is 1040. The van der Waals surface area contributed by atoms with E-state index in [9.17, 15) is 19.5 Å². The number of benzene rings is 2. The molecule has 7 heteroatoms. The molecular weight excluding hydrogens is 432 g/mol. The molecule has 1 aliphatic heterocycles. The first kappa shape index (κ1) is 23.8. The molecule has 3 atom stereocenters. The summed E-state index contributed by atoms with van der Waals surface area (Å²) >= 11 is 0.